The van der Waals surface area contributed by atoms with E-state index in [1.54, 1.807) is 0 Å². The molecule has 0 atom stereocenters. The summed E-state index contributed by atoms with van der Waals surface area (Å²) in [5, 5.41) is 4.23. The Kier molecular flexibility index (Phi) is 3.49. The van der Waals surface area contributed by atoms with Crippen molar-refractivity contribution in [2.45, 2.75) is 19.5 Å². The van der Waals surface area contributed by atoms with Gasteiger partial charge in [-0.25, -0.2) is 0 Å². The van der Waals surface area contributed by atoms with Gasteiger partial charge in [-0.2, -0.15) is 0 Å². The average Bonchev–Trinajstić information content (AvgIpc) is 3.04. The van der Waals surface area contributed by atoms with E-state index in [2.05, 4.69) is 40.4 Å². The summed E-state index contributed by atoms with van der Waals surface area (Å²) in [5.74, 6) is 0.841. The second-order valence-corrected chi connectivity index (χ2v) is 5.78. The number of aromatic nitrogens is 1. The monoisotopic (exact) mass is 290 g/mol. The highest BCUT2D eigenvalue weighted by Gasteiger charge is 2.17. The summed E-state index contributed by atoms with van der Waals surface area (Å²) in [6.07, 6.45) is 1.11. The lowest BCUT2D eigenvalue weighted by Crippen LogP contribution is -2.30. The third-order valence-corrected chi connectivity index (χ3v) is 4.21. The number of rotatable bonds is 3. The first kappa shape index (κ1) is 13.3. The smallest absolute Gasteiger partial charge is 0.167 e. The first-order chi connectivity index (χ1) is 10.9. The minimum atomic E-state index is 0.838. The van der Waals surface area contributed by atoms with Crippen molar-refractivity contribution < 1.29 is 4.52 Å². The summed E-state index contributed by atoms with van der Waals surface area (Å²) in [6, 6.07) is 20.9. The van der Waals surface area contributed by atoms with Crippen molar-refractivity contribution in [2.75, 3.05) is 6.54 Å². The van der Waals surface area contributed by atoms with Gasteiger partial charge in [-0.15, -0.1) is 0 Å². The van der Waals surface area contributed by atoms with Crippen LogP contribution in [0.25, 0.3) is 11.3 Å². The van der Waals surface area contributed by atoms with E-state index in [1.165, 1.54) is 11.1 Å². The van der Waals surface area contributed by atoms with Crippen LogP contribution >= 0.6 is 0 Å². The van der Waals surface area contributed by atoms with Gasteiger partial charge in [-0.05, 0) is 17.5 Å². The summed E-state index contributed by atoms with van der Waals surface area (Å²) >= 11 is 0. The van der Waals surface area contributed by atoms with Crippen LogP contribution in [0.1, 0.15) is 16.8 Å². The molecular weight excluding hydrogens is 272 g/mol. The number of hydrogen-bond donors (Lipinski definition) is 0. The van der Waals surface area contributed by atoms with Gasteiger partial charge in [0.1, 0.15) is 0 Å². The Bertz CT molecular complexity index is 764. The predicted octanol–water partition coefficient (Wildman–Crippen LogP) is 3.90. The lowest BCUT2D eigenvalue weighted by molar-refractivity contribution is 0.238. The van der Waals surface area contributed by atoms with Gasteiger partial charge in [0.15, 0.2) is 5.76 Å². The second-order valence-electron chi connectivity index (χ2n) is 5.78. The molecule has 1 aromatic heterocycles. The van der Waals surface area contributed by atoms with Gasteiger partial charge in [-0.1, -0.05) is 59.8 Å². The molecule has 1 aliphatic rings. The Hall–Kier alpha value is -2.39. The Labute approximate surface area is 130 Å². The lowest BCUT2D eigenvalue weighted by atomic mass is 10.00. The summed E-state index contributed by atoms with van der Waals surface area (Å²) in [7, 11) is 0. The maximum Gasteiger partial charge on any atom is 0.167 e. The van der Waals surface area contributed by atoms with E-state index >= 15 is 0 Å². The third-order valence-electron chi connectivity index (χ3n) is 4.21. The van der Waals surface area contributed by atoms with Crippen LogP contribution in [0, 0.1) is 0 Å². The molecule has 3 nitrogen and oxygen atoms in total. The van der Waals surface area contributed by atoms with Crippen LogP contribution in [0.5, 0.6) is 0 Å². The number of fused-ring (bicyclic) bond motifs is 1. The van der Waals surface area contributed by atoms with Crippen molar-refractivity contribution in [2.24, 2.45) is 0 Å². The standard InChI is InChI=1S/C19H18N2O/c1-2-7-16(8-3-1)19-12-18(20-22-19)14-21-11-10-15-6-4-5-9-17(15)13-21/h1-9,12H,10-11,13-14H2. The molecule has 0 radical (unpaired) electrons. The van der Waals surface area contributed by atoms with Crippen LogP contribution in [0.2, 0.25) is 0 Å². The van der Waals surface area contributed by atoms with Gasteiger partial charge in [0, 0.05) is 31.3 Å². The molecule has 110 valence electrons. The average molecular weight is 290 g/mol. The molecule has 0 fully saturated rings. The van der Waals surface area contributed by atoms with E-state index in [0.29, 0.717) is 0 Å². The molecule has 0 saturated heterocycles. The van der Waals surface area contributed by atoms with Gasteiger partial charge in [0.05, 0.1) is 5.69 Å². The number of hydrogen-bond acceptors (Lipinski definition) is 3. The number of nitrogens with zero attached hydrogens (tertiary/aromatic N) is 2. The lowest BCUT2D eigenvalue weighted by Gasteiger charge is -2.27. The molecule has 3 aromatic rings. The molecule has 0 saturated carbocycles. The van der Waals surface area contributed by atoms with Gasteiger partial charge >= 0.3 is 0 Å². The molecule has 0 bridgehead atoms. The van der Waals surface area contributed by atoms with Crippen molar-refractivity contribution in [3.63, 3.8) is 0 Å². The zero-order valence-electron chi connectivity index (χ0n) is 12.4. The Morgan fingerprint density at radius 1 is 0.955 bits per heavy atom. The Morgan fingerprint density at radius 2 is 1.73 bits per heavy atom. The van der Waals surface area contributed by atoms with Crippen LogP contribution in [0.4, 0.5) is 0 Å². The van der Waals surface area contributed by atoms with Gasteiger partial charge in [0.2, 0.25) is 0 Å². The predicted molar refractivity (Wildman–Crippen MR) is 86.2 cm³/mol. The van der Waals surface area contributed by atoms with Crippen LogP contribution in [-0.4, -0.2) is 16.6 Å². The van der Waals surface area contributed by atoms with Crippen molar-refractivity contribution in [1.82, 2.24) is 10.1 Å². The number of benzene rings is 2. The zero-order chi connectivity index (χ0) is 14.8. The van der Waals surface area contributed by atoms with Crippen molar-refractivity contribution in [1.29, 1.82) is 0 Å². The third kappa shape index (κ3) is 2.68. The van der Waals surface area contributed by atoms with Gasteiger partial charge < -0.3 is 4.52 Å². The fourth-order valence-electron chi connectivity index (χ4n) is 3.04. The van der Waals surface area contributed by atoms with Crippen molar-refractivity contribution in [3.8, 4) is 11.3 Å². The topological polar surface area (TPSA) is 29.3 Å². The Morgan fingerprint density at radius 3 is 2.59 bits per heavy atom. The maximum absolute atomic E-state index is 5.49. The van der Waals surface area contributed by atoms with Crippen molar-refractivity contribution >= 4 is 0 Å². The Balaban J connectivity index is 1.48. The van der Waals surface area contributed by atoms with Crippen LogP contribution in [0.3, 0.4) is 0 Å². The molecular formula is C19H18N2O. The molecule has 0 unspecified atom stereocenters. The molecule has 0 spiro atoms. The molecule has 0 aliphatic carbocycles. The molecule has 2 aromatic carbocycles. The minimum Gasteiger partial charge on any atom is -0.356 e. The van der Waals surface area contributed by atoms with E-state index in [0.717, 1.165) is 43.1 Å². The summed E-state index contributed by atoms with van der Waals surface area (Å²) in [5.41, 5.74) is 4.98. The van der Waals surface area contributed by atoms with E-state index in [9.17, 15) is 0 Å². The molecule has 2 heterocycles. The largest absolute Gasteiger partial charge is 0.356 e. The molecule has 4 rings (SSSR count). The first-order valence-electron chi connectivity index (χ1n) is 7.69. The maximum atomic E-state index is 5.49. The molecule has 0 amide bonds. The minimum absolute atomic E-state index is 0.838. The van der Waals surface area contributed by atoms with E-state index in [-0.39, 0.29) is 0 Å². The highest BCUT2D eigenvalue weighted by molar-refractivity contribution is 5.56. The second kappa shape index (κ2) is 5.78. The van der Waals surface area contributed by atoms with Gasteiger partial charge in [0.25, 0.3) is 0 Å². The normalized spacial score (nSPS) is 14.7. The summed E-state index contributed by atoms with van der Waals surface area (Å²) < 4.78 is 5.49. The van der Waals surface area contributed by atoms with Gasteiger partial charge in [-0.3, -0.25) is 4.90 Å². The highest BCUT2D eigenvalue weighted by atomic mass is 16.5. The molecule has 0 N–H and O–H groups in total. The van der Waals surface area contributed by atoms with Crippen LogP contribution in [0.15, 0.2) is 65.2 Å². The fraction of sp³-hybridized carbons (Fsp3) is 0.211. The molecule has 1 aliphatic heterocycles. The van der Waals surface area contributed by atoms with Crippen LogP contribution in [-0.2, 0) is 19.5 Å². The first-order valence-corrected chi connectivity index (χ1v) is 7.69. The molecule has 22 heavy (non-hydrogen) atoms. The highest BCUT2D eigenvalue weighted by Crippen LogP contribution is 2.23. The summed E-state index contributed by atoms with van der Waals surface area (Å²) in [4.78, 5) is 2.43. The van der Waals surface area contributed by atoms with E-state index in [1.807, 2.05) is 30.3 Å². The quantitative estimate of drug-likeness (QED) is 0.732. The van der Waals surface area contributed by atoms with E-state index in [4.69, 9.17) is 4.52 Å². The van der Waals surface area contributed by atoms with Crippen molar-refractivity contribution in [3.05, 3.63) is 77.5 Å². The molecule has 3 heteroatoms. The zero-order valence-corrected chi connectivity index (χ0v) is 12.4. The SMILES string of the molecule is c1ccc(-c2cc(CN3CCc4ccccc4C3)no2)cc1. The van der Waals surface area contributed by atoms with E-state index < -0.39 is 0 Å². The fourth-order valence-corrected chi connectivity index (χ4v) is 3.04. The summed E-state index contributed by atoms with van der Waals surface area (Å²) in [6.45, 7) is 2.90. The van der Waals surface area contributed by atoms with Crippen LogP contribution < -0.4 is 0 Å².